The third-order valence-electron chi connectivity index (χ3n) is 2.09. The van der Waals surface area contributed by atoms with Crippen molar-refractivity contribution in [3.05, 3.63) is 50.3 Å². The molecule has 17 heavy (non-hydrogen) atoms. The first-order valence-electron chi connectivity index (χ1n) is 4.65. The summed E-state index contributed by atoms with van der Waals surface area (Å²) in [5.41, 5.74) is -0.880. The van der Waals surface area contributed by atoms with Crippen molar-refractivity contribution in [2.75, 3.05) is 6.26 Å². The van der Waals surface area contributed by atoms with Crippen LogP contribution < -0.4 is 11.4 Å². The summed E-state index contributed by atoms with van der Waals surface area (Å²) in [6.07, 6.45) is 1.72. The van der Waals surface area contributed by atoms with Gasteiger partial charge in [-0.3, -0.25) is 4.98 Å². The predicted molar refractivity (Wildman–Crippen MR) is 67.2 cm³/mol. The average Bonchev–Trinajstić information content (AvgIpc) is 2.30. The number of aromatic nitrogens is 3. The van der Waals surface area contributed by atoms with Gasteiger partial charge in [-0.05, 0) is 18.4 Å². The van der Waals surface area contributed by atoms with Gasteiger partial charge in [0.05, 0.1) is 10.7 Å². The summed E-state index contributed by atoms with van der Waals surface area (Å²) >= 11 is 7.12. The number of hydrogen-bond acceptors (Lipinski definition) is 4. The van der Waals surface area contributed by atoms with Crippen molar-refractivity contribution in [2.24, 2.45) is 0 Å². The van der Waals surface area contributed by atoms with Gasteiger partial charge in [0.25, 0.3) is 0 Å². The second kappa shape index (κ2) is 4.77. The monoisotopic (exact) mass is 269 g/mol. The van der Waals surface area contributed by atoms with Gasteiger partial charge in [0.1, 0.15) is 0 Å². The van der Waals surface area contributed by atoms with Crippen LogP contribution in [0.5, 0.6) is 0 Å². The van der Waals surface area contributed by atoms with E-state index >= 15 is 0 Å². The summed E-state index contributed by atoms with van der Waals surface area (Å²) in [5, 5.41) is 0.599. The number of nitrogens with one attached hydrogen (secondary N) is 1. The Morgan fingerprint density at radius 1 is 1.35 bits per heavy atom. The fourth-order valence-electron chi connectivity index (χ4n) is 1.34. The molecule has 0 aliphatic heterocycles. The highest BCUT2D eigenvalue weighted by atomic mass is 35.5. The highest BCUT2D eigenvalue weighted by molar-refractivity contribution is 7.98. The molecule has 0 bridgehead atoms. The van der Waals surface area contributed by atoms with E-state index in [0.29, 0.717) is 10.7 Å². The Morgan fingerprint density at radius 3 is 2.65 bits per heavy atom. The molecule has 5 nitrogen and oxygen atoms in total. The lowest BCUT2D eigenvalue weighted by molar-refractivity contribution is 0.743. The molecule has 1 aromatic heterocycles. The van der Waals surface area contributed by atoms with Crippen LogP contribution in [-0.2, 0) is 0 Å². The van der Waals surface area contributed by atoms with Gasteiger partial charge in [0, 0.05) is 0 Å². The van der Waals surface area contributed by atoms with Crippen molar-refractivity contribution in [3.8, 4) is 5.69 Å². The first-order chi connectivity index (χ1) is 8.13. The number of rotatable bonds is 2. The average molecular weight is 270 g/mol. The fourth-order valence-corrected chi connectivity index (χ4v) is 1.92. The number of thioether (sulfide) groups is 1. The van der Waals surface area contributed by atoms with E-state index in [1.54, 1.807) is 30.5 Å². The SMILES string of the molecule is CSc1nc(=O)n(-c2ccccc2Cl)c(=O)[nH]1. The molecule has 0 aliphatic rings. The predicted octanol–water partition coefficient (Wildman–Crippen LogP) is 1.30. The Morgan fingerprint density at radius 2 is 2.06 bits per heavy atom. The third-order valence-corrected chi connectivity index (χ3v) is 2.99. The molecule has 2 rings (SSSR count). The van der Waals surface area contributed by atoms with Crippen molar-refractivity contribution in [3.63, 3.8) is 0 Å². The molecule has 0 amide bonds. The molecule has 2 aromatic rings. The number of hydrogen-bond donors (Lipinski definition) is 1. The molecular formula is C10H8ClN3O2S. The minimum atomic E-state index is -0.647. The lowest BCUT2D eigenvalue weighted by Gasteiger charge is -2.05. The van der Waals surface area contributed by atoms with Crippen molar-refractivity contribution in [1.82, 2.24) is 14.5 Å². The van der Waals surface area contributed by atoms with Gasteiger partial charge in [0.2, 0.25) is 0 Å². The molecule has 1 heterocycles. The molecule has 0 aliphatic carbocycles. The number of nitrogens with zero attached hydrogens (tertiary/aromatic N) is 2. The van der Waals surface area contributed by atoms with Gasteiger partial charge < -0.3 is 0 Å². The molecule has 88 valence electrons. The second-order valence-corrected chi connectivity index (χ2v) is 4.32. The topological polar surface area (TPSA) is 67.8 Å². The minimum Gasteiger partial charge on any atom is -0.286 e. The maximum Gasteiger partial charge on any atom is 0.358 e. The summed E-state index contributed by atoms with van der Waals surface area (Å²) in [5.74, 6) is 0. The number of halogens is 1. The number of para-hydroxylation sites is 1. The molecular weight excluding hydrogens is 262 g/mol. The molecule has 1 N–H and O–H groups in total. The first-order valence-corrected chi connectivity index (χ1v) is 6.26. The molecule has 0 saturated carbocycles. The zero-order chi connectivity index (χ0) is 12.4. The van der Waals surface area contributed by atoms with E-state index in [0.717, 1.165) is 4.57 Å². The van der Waals surface area contributed by atoms with E-state index in [-0.39, 0.29) is 5.16 Å². The second-order valence-electron chi connectivity index (χ2n) is 3.12. The van der Waals surface area contributed by atoms with E-state index in [4.69, 9.17) is 11.6 Å². The zero-order valence-corrected chi connectivity index (χ0v) is 10.4. The van der Waals surface area contributed by atoms with Crippen molar-refractivity contribution >= 4 is 23.4 Å². The normalized spacial score (nSPS) is 10.5. The van der Waals surface area contributed by atoms with Crippen LogP contribution in [-0.4, -0.2) is 20.8 Å². The van der Waals surface area contributed by atoms with Crippen LogP contribution in [0.3, 0.4) is 0 Å². The molecule has 0 saturated heterocycles. The Balaban J connectivity index is 2.74. The lowest BCUT2D eigenvalue weighted by atomic mass is 10.3. The Kier molecular flexibility index (Phi) is 3.35. The highest BCUT2D eigenvalue weighted by Crippen LogP contribution is 2.16. The number of H-pyrrole nitrogens is 1. The van der Waals surface area contributed by atoms with E-state index in [1.165, 1.54) is 11.8 Å². The van der Waals surface area contributed by atoms with Crippen molar-refractivity contribution in [1.29, 1.82) is 0 Å². The van der Waals surface area contributed by atoms with Crippen LogP contribution in [0, 0.1) is 0 Å². The van der Waals surface area contributed by atoms with Crippen LogP contribution >= 0.6 is 23.4 Å². The Labute approximate surface area is 105 Å². The molecule has 0 radical (unpaired) electrons. The maximum absolute atomic E-state index is 11.8. The quantitative estimate of drug-likeness (QED) is 0.835. The summed E-state index contributed by atoms with van der Waals surface area (Å²) < 4.78 is 0.905. The van der Waals surface area contributed by atoms with Gasteiger partial charge in [0.15, 0.2) is 5.16 Å². The summed E-state index contributed by atoms with van der Waals surface area (Å²) in [6, 6.07) is 6.59. The largest absolute Gasteiger partial charge is 0.358 e. The minimum absolute atomic E-state index is 0.281. The molecule has 1 aromatic carbocycles. The van der Waals surface area contributed by atoms with E-state index < -0.39 is 11.4 Å². The summed E-state index contributed by atoms with van der Waals surface area (Å²) in [4.78, 5) is 29.7. The van der Waals surface area contributed by atoms with E-state index in [9.17, 15) is 9.59 Å². The van der Waals surface area contributed by atoms with Crippen LogP contribution in [0.1, 0.15) is 0 Å². The molecule has 0 unspecified atom stereocenters. The molecule has 0 spiro atoms. The maximum atomic E-state index is 11.8. The summed E-state index contributed by atoms with van der Waals surface area (Å²) in [6.45, 7) is 0. The van der Waals surface area contributed by atoms with Crippen LogP contribution in [0.15, 0.2) is 39.0 Å². The zero-order valence-electron chi connectivity index (χ0n) is 8.81. The van der Waals surface area contributed by atoms with Crippen molar-refractivity contribution < 1.29 is 0 Å². The molecule has 7 heteroatoms. The molecule has 0 atom stereocenters. The van der Waals surface area contributed by atoms with Gasteiger partial charge in [-0.2, -0.15) is 4.98 Å². The standard InChI is InChI=1S/C10H8ClN3O2S/c1-17-8-12-9(15)14(10(16)13-8)7-5-3-2-4-6(7)11/h2-5H,1H3,(H,12,13,15,16). The van der Waals surface area contributed by atoms with E-state index in [2.05, 4.69) is 9.97 Å². The van der Waals surface area contributed by atoms with Crippen LogP contribution in [0.4, 0.5) is 0 Å². The lowest BCUT2D eigenvalue weighted by Crippen LogP contribution is -2.36. The molecule has 0 fully saturated rings. The highest BCUT2D eigenvalue weighted by Gasteiger charge is 2.10. The number of benzene rings is 1. The summed E-state index contributed by atoms with van der Waals surface area (Å²) in [7, 11) is 0. The smallest absolute Gasteiger partial charge is 0.286 e. The van der Waals surface area contributed by atoms with Crippen molar-refractivity contribution in [2.45, 2.75) is 5.16 Å². The third kappa shape index (κ3) is 2.27. The van der Waals surface area contributed by atoms with Crippen LogP contribution in [0.25, 0.3) is 5.69 Å². The van der Waals surface area contributed by atoms with Gasteiger partial charge >= 0.3 is 11.4 Å². The Bertz CT molecular complexity index is 634. The van der Waals surface area contributed by atoms with Gasteiger partial charge in [-0.25, -0.2) is 14.2 Å². The van der Waals surface area contributed by atoms with Gasteiger partial charge in [-0.1, -0.05) is 35.5 Å². The van der Waals surface area contributed by atoms with Crippen LogP contribution in [0.2, 0.25) is 5.02 Å². The first kappa shape index (κ1) is 11.9. The Hall–Kier alpha value is -1.53. The fraction of sp³-hybridized carbons (Fsp3) is 0.100. The number of aromatic amines is 1. The van der Waals surface area contributed by atoms with E-state index in [1.807, 2.05) is 0 Å². The van der Waals surface area contributed by atoms with Gasteiger partial charge in [-0.15, -0.1) is 0 Å².